The fourth-order valence-electron chi connectivity index (χ4n) is 2.48. The molecule has 10 heteroatoms. The smallest absolute Gasteiger partial charge is 0.343 e. The highest BCUT2D eigenvalue weighted by atomic mass is 35.5. The van der Waals surface area contributed by atoms with Crippen LogP contribution in [-0.4, -0.2) is 28.0 Å². The minimum Gasteiger partial charge on any atom is -0.421 e. The SMILES string of the molecule is CC(=O)NC1=NN(C(C)=O)C(c2ccc(OC(=O)c3ccc(F)cc3)c(Cl)c2)S1. The number of hydrazone groups is 1. The van der Waals surface area contributed by atoms with Gasteiger partial charge >= 0.3 is 5.97 Å². The van der Waals surface area contributed by atoms with Gasteiger partial charge in [0.2, 0.25) is 11.8 Å². The zero-order valence-corrected chi connectivity index (χ0v) is 16.9. The number of amides is 2. The summed E-state index contributed by atoms with van der Waals surface area (Å²) < 4.78 is 18.3. The molecule has 1 aliphatic rings. The molecule has 1 heterocycles. The standard InChI is InChI=1S/C19H15ClFN3O4S/c1-10(25)22-19-23-24(11(2)26)17(29-19)13-5-8-16(15(20)9-13)28-18(27)12-3-6-14(21)7-4-12/h3-9,17H,1-2H3,(H,22,23,25). The molecule has 1 N–H and O–H groups in total. The minimum atomic E-state index is -0.684. The second kappa shape index (κ2) is 8.62. The van der Waals surface area contributed by atoms with Crippen LogP contribution in [0.5, 0.6) is 5.75 Å². The number of halogens is 2. The van der Waals surface area contributed by atoms with Crippen molar-refractivity contribution in [3.8, 4) is 5.75 Å². The van der Waals surface area contributed by atoms with Crippen molar-refractivity contribution in [2.24, 2.45) is 5.10 Å². The fourth-order valence-corrected chi connectivity index (χ4v) is 3.83. The highest BCUT2D eigenvalue weighted by Crippen LogP contribution is 2.41. The summed E-state index contributed by atoms with van der Waals surface area (Å²) in [6, 6.07) is 9.60. The molecular formula is C19H15ClFN3O4S. The fraction of sp³-hybridized carbons (Fsp3) is 0.158. The van der Waals surface area contributed by atoms with Gasteiger partial charge in [0.25, 0.3) is 0 Å². The molecular weight excluding hydrogens is 421 g/mol. The molecule has 2 amide bonds. The van der Waals surface area contributed by atoms with Gasteiger partial charge in [-0.15, -0.1) is 5.10 Å². The second-order valence-corrected chi connectivity index (χ2v) is 7.48. The third-order valence-corrected chi connectivity index (χ3v) is 5.17. The van der Waals surface area contributed by atoms with Crippen LogP contribution in [0, 0.1) is 5.82 Å². The molecule has 150 valence electrons. The summed E-state index contributed by atoms with van der Waals surface area (Å²) in [4.78, 5) is 35.3. The summed E-state index contributed by atoms with van der Waals surface area (Å²) >= 11 is 7.43. The van der Waals surface area contributed by atoms with Gasteiger partial charge in [-0.25, -0.2) is 14.2 Å². The van der Waals surface area contributed by atoms with Crippen molar-refractivity contribution in [2.75, 3.05) is 0 Å². The average Bonchev–Trinajstić information content (AvgIpc) is 3.07. The first-order valence-electron chi connectivity index (χ1n) is 8.34. The Kier molecular flexibility index (Phi) is 6.19. The van der Waals surface area contributed by atoms with E-state index in [1.165, 1.54) is 48.8 Å². The van der Waals surface area contributed by atoms with Crippen molar-refractivity contribution in [3.05, 3.63) is 64.4 Å². The Bertz CT molecular complexity index is 1010. The predicted octanol–water partition coefficient (Wildman–Crippen LogP) is 3.70. The lowest BCUT2D eigenvalue weighted by Crippen LogP contribution is -2.25. The van der Waals surface area contributed by atoms with Crippen molar-refractivity contribution in [3.63, 3.8) is 0 Å². The van der Waals surface area contributed by atoms with Crippen molar-refractivity contribution in [1.29, 1.82) is 0 Å². The van der Waals surface area contributed by atoms with E-state index in [1.807, 2.05) is 0 Å². The third kappa shape index (κ3) is 4.93. The van der Waals surface area contributed by atoms with Crippen LogP contribution in [0.3, 0.4) is 0 Å². The van der Waals surface area contributed by atoms with Crippen LogP contribution >= 0.6 is 23.4 Å². The van der Waals surface area contributed by atoms with E-state index < -0.39 is 17.2 Å². The van der Waals surface area contributed by atoms with Crippen LogP contribution < -0.4 is 10.1 Å². The maximum Gasteiger partial charge on any atom is 0.343 e. The van der Waals surface area contributed by atoms with Crippen LogP contribution in [0.4, 0.5) is 4.39 Å². The van der Waals surface area contributed by atoms with E-state index in [1.54, 1.807) is 12.1 Å². The first-order valence-corrected chi connectivity index (χ1v) is 9.60. The van der Waals surface area contributed by atoms with E-state index in [0.29, 0.717) is 10.7 Å². The number of nitrogens with zero attached hydrogens (tertiary/aromatic N) is 2. The topological polar surface area (TPSA) is 88.1 Å². The molecule has 1 unspecified atom stereocenters. The Morgan fingerprint density at radius 1 is 1.17 bits per heavy atom. The van der Waals surface area contributed by atoms with Gasteiger partial charge < -0.3 is 10.1 Å². The predicted molar refractivity (Wildman–Crippen MR) is 107 cm³/mol. The molecule has 2 aromatic rings. The quantitative estimate of drug-likeness (QED) is 0.586. The molecule has 0 bridgehead atoms. The van der Waals surface area contributed by atoms with Crippen molar-refractivity contribution in [2.45, 2.75) is 19.2 Å². The third-order valence-electron chi connectivity index (χ3n) is 3.77. The van der Waals surface area contributed by atoms with Crippen LogP contribution in [0.15, 0.2) is 47.6 Å². The molecule has 2 aromatic carbocycles. The lowest BCUT2D eigenvalue weighted by molar-refractivity contribution is -0.129. The van der Waals surface area contributed by atoms with E-state index in [0.717, 1.165) is 12.1 Å². The van der Waals surface area contributed by atoms with Crippen molar-refractivity contribution >= 4 is 46.3 Å². The monoisotopic (exact) mass is 435 g/mol. The summed E-state index contributed by atoms with van der Waals surface area (Å²) in [5.74, 6) is -1.65. The molecule has 0 fully saturated rings. The van der Waals surface area contributed by atoms with Crippen molar-refractivity contribution < 1.29 is 23.5 Å². The van der Waals surface area contributed by atoms with Gasteiger partial charge in [-0.3, -0.25) is 9.59 Å². The molecule has 3 rings (SSSR count). The number of thioether (sulfide) groups is 1. The Balaban J connectivity index is 1.78. The van der Waals surface area contributed by atoms with Gasteiger partial charge in [-0.2, -0.15) is 0 Å². The summed E-state index contributed by atoms with van der Waals surface area (Å²) in [6.45, 7) is 2.70. The normalized spacial score (nSPS) is 15.7. The molecule has 0 aliphatic carbocycles. The molecule has 0 saturated heterocycles. The second-order valence-electron chi connectivity index (χ2n) is 6.01. The number of carbonyl (C=O) groups excluding carboxylic acids is 3. The molecule has 29 heavy (non-hydrogen) atoms. The highest BCUT2D eigenvalue weighted by Gasteiger charge is 2.32. The number of esters is 1. The number of ether oxygens (including phenoxy) is 1. The Labute approximate surface area is 174 Å². The van der Waals surface area contributed by atoms with E-state index >= 15 is 0 Å². The number of amidine groups is 1. The van der Waals surface area contributed by atoms with Crippen molar-refractivity contribution in [1.82, 2.24) is 10.3 Å². The zero-order valence-electron chi connectivity index (χ0n) is 15.3. The number of hydrogen-bond acceptors (Lipinski definition) is 6. The molecule has 1 aliphatic heterocycles. The van der Waals surface area contributed by atoms with Gasteiger partial charge in [0.1, 0.15) is 16.9 Å². The molecule has 1 atom stereocenters. The maximum atomic E-state index is 13.0. The number of rotatable bonds is 3. The molecule has 0 aromatic heterocycles. The van der Waals surface area contributed by atoms with Gasteiger partial charge in [0, 0.05) is 13.8 Å². The summed E-state index contributed by atoms with van der Waals surface area (Å²) in [6.07, 6.45) is 0. The highest BCUT2D eigenvalue weighted by molar-refractivity contribution is 8.14. The first-order chi connectivity index (χ1) is 13.7. The van der Waals surface area contributed by atoms with E-state index in [2.05, 4.69) is 10.4 Å². The summed E-state index contributed by atoms with van der Waals surface area (Å²) in [7, 11) is 0. The van der Waals surface area contributed by atoms with Crippen LogP contribution in [-0.2, 0) is 9.59 Å². The molecule has 7 nitrogen and oxygen atoms in total. The molecule has 0 radical (unpaired) electrons. The lowest BCUT2D eigenvalue weighted by Gasteiger charge is -2.19. The summed E-state index contributed by atoms with van der Waals surface area (Å²) in [5.41, 5.74) is 0.801. The largest absolute Gasteiger partial charge is 0.421 e. The molecule has 0 spiro atoms. The van der Waals surface area contributed by atoms with Crippen LogP contribution in [0.1, 0.15) is 35.1 Å². The van der Waals surface area contributed by atoms with Gasteiger partial charge in [-0.05, 0) is 42.0 Å². The minimum absolute atomic E-state index is 0.116. The van der Waals surface area contributed by atoms with Crippen LogP contribution in [0.2, 0.25) is 5.02 Å². The number of hydrogen-bond donors (Lipinski definition) is 1. The van der Waals surface area contributed by atoms with Gasteiger partial charge in [0.05, 0.1) is 10.6 Å². The van der Waals surface area contributed by atoms with E-state index in [9.17, 15) is 18.8 Å². The maximum absolute atomic E-state index is 13.0. The van der Waals surface area contributed by atoms with Crippen LogP contribution in [0.25, 0.3) is 0 Å². The molecule has 0 saturated carbocycles. The van der Waals surface area contributed by atoms with E-state index in [4.69, 9.17) is 16.3 Å². The van der Waals surface area contributed by atoms with E-state index in [-0.39, 0.29) is 28.1 Å². The Hall–Kier alpha value is -2.91. The average molecular weight is 436 g/mol. The lowest BCUT2D eigenvalue weighted by atomic mass is 10.2. The van der Waals surface area contributed by atoms with Gasteiger partial charge in [-0.1, -0.05) is 29.4 Å². The Morgan fingerprint density at radius 2 is 1.86 bits per heavy atom. The summed E-state index contributed by atoms with van der Waals surface area (Å²) in [5, 5.41) is 7.79. The van der Waals surface area contributed by atoms with Gasteiger partial charge in [0.15, 0.2) is 5.17 Å². The number of carbonyl (C=O) groups is 3. The number of nitrogens with one attached hydrogen (secondary N) is 1. The Morgan fingerprint density at radius 3 is 2.45 bits per heavy atom. The first kappa shape index (κ1) is 20.8. The number of benzene rings is 2. The zero-order chi connectivity index (χ0) is 21.1.